The van der Waals surface area contributed by atoms with Gasteiger partial charge in [-0.2, -0.15) is 5.10 Å². The smallest absolute Gasteiger partial charge is 0.213 e. The van der Waals surface area contributed by atoms with Crippen molar-refractivity contribution in [1.29, 1.82) is 0 Å². The van der Waals surface area contributed by atoms with Gasteiger partial charge in [0.25, 0.3) is 0 Å². The number of carbonyl (C=O) groups excluding carboxylic acids is 3. The number of benzene rings is 3. The van der Waals surface area contributed by atoms with Gasteiger partial charge in [-0.3, -0.25) is 24.4 Å². The molecule has 0 spiro atoms. The maximum atomic E-state index is 13.5. The first-order valence-corrected chi connectivity index (χ1v) is 17.0. The Morgan fingerprint density at radius 3 is 1.77 bits per heavy atom. The molecule has 0 unspecified atom stereocenters. The maximum absolute atomic E-state index is 13.5. The van der Waals surface area contributed by atoms with Crippen LogP contribution in [-0.2, 0) is 0 Å². The lowest BCUT2D eigenvalue weighted by Crippen LogP contribution is -2.16. The Morgan fingerprint density at radius 2 is 1.30 bits per heavy atom. The van der Waals surface area contributed by atoms with E-state index in [-0.39, 0.29) is 51.7 Å². The van der Waals surface area contributed by atoms with E-state index in [9.17, 15) is 37.1 Å². The summed E-state index contributed by atoms with van der Waals surface area (Å²) in [6.45, 7) is 4.78. The van der Waals surface area contributed by atoms with Crippen molar-refractivity contribution in [2.75, 3.05) is 27.0 Å². The molecule has 0 atom stereocenters. The van der Waals surface area contributed by atoms with Crippen LogP contribution in [0.5, 0.6) is 17.2 Å². The van der Waals surface area contributed by atoms with Gasteiger partial charge in [-0.05, 0) is 80.1 Å². The van der Waals surface area contributed by atoms with E-state index in [2.05, 4.69) is 20.2 Å². The number of rotatable bonds is 8. The molecular weight excluding hydrogens is 716 g/mol. The summed E-state index contributed by atoms with van der Waals surface area (Å²) in [5.74, 6) is -3.13. The summed E-state index contributed by atoms with van der Waals surface area (Å²) in [5.41, 5.74) is 2.32. The molecule has 0 amide bonds. The number of ether oxygens (including phenoxy) is 2. The van der Waals surface area contributed by atoms with Gasteiger partial charge in [0, 0.05) is 30.8 Å². The van der Waals surface area contributed by atoms with Crippen molar-refractivity contribution in [1.82, 2.24) is 0 Å². The quantitative estimate of drug-likeness (QED) is 0.183. The summed E-state index contributed by atoms with van der Waals surface area (Å²) in [5, 5.41) is 18.2. The molecule has 10 nitrogen and oxygen atoms in total. The maximum Gasteiger partial charge on any atom is 0.213 e. The summed E-state index contributed by atoms with van der Waals surface area (Å²) < 4.78 is 63.5. The fourth-order valence-corrected chi connectivity index (χ4v) is 5.76. The SMILES string of the molecule is COc1c(C)cc(F)cc1C(=O)C1=CN=CC1.COc1c(C)cc(F)cc1C(=O)C1=NN=C(SC)C1.Cc1cc(F)cc(C(=O)C2=C(F)C=NC2)c1O. The van der Waals surface area contributed by atoms with Crippen LogP contribution < -0.4 is 9.47 Å². The average molecular weight is 751 g/mol. The second kappa shape index (κ2) is 17.7. The number of phenols is 1. The van der Waals surface area contributed by atoms with E-state index in [1.54, 1.807) is 20.1 Å². The van der Waals surface area contributed by atoms with Crippen LogP contribution in [0.15, 0.2) is 79.8 Å². The van der Waals surface area contributed by atoms with Crippen molar-refractivity contribution in [2.45, 2.75) is 33.6 Å². The number of nitrogens with zero attached hydrogens (tertiary/aromatic N) is 4. The minimum Gasteiger partial charge on any atom is -0.507 e. The zero-order valence-electron chi connectivity index (χ0n) is 29.5. The first kappa shape index (κ1) is 40.1. The zero-order chi connectivity index (χ0) is 39.0. The van der Waals surface area contributed by atoms with E-state index in [4.69, 9.17) is 9.47 Å². The summed E-state index contributed by atoms with van der Waals surface area (Å²) in [6.07, 6.45) is 6.83. The lowest BCUT2D eigenvalue weighted by atomic mass is 9.99. The topological polar surface area (TPSA) is 139 Å². The summed E-state index contributed by atoms with van der Waals surface area (Å²) in [6, 6.07) is 7.04. The van der Waals surface area contributed by atoms with E-state index < -0.39 is 29.1 Å². The number of carbonyl (C=O) groups is 3. The molecule has 0 saturated carbocycles. The van der Waals surface area contributed by atoms with Crippen LogP contribution in [0.3, 0.4) is 0 Å². The number of hydrogen-bond donors (Lipinski definition) is 1. The summed E-state index contributed by atoms with van der Waals surface area (Å²) in [4.78, 5) is 43.8. The number of aromatic hydroxyl groups is 1. The Hall–Kier alpha value is -5.70. The van der Waals surface area contributed by atoms with Gasteiger partial charge in [0.05, 0.1) is 49.2 Å². The van der Waals surface area contributed by atoms with Gasteiger partial charge in [-0.15, -0.1) is 16.9 Å². The van der Waals surface area contributed by atoms with Gasteiger partial charge in [-0.25, -0.2) is 17.6 Å². The van der Waals surface area contributed by atoms with E-state index in [0.29, 0.717) is 46.8 Å². The van der Waals surface area contributed by atoms with Gasteiger partial charge in [0.2, 0.25) is 5.78 Å². The van der Waals surface area contributed by atoms with Gasteiger partial charge in [-0.1, -0.05) is 0 Å². The molecule has 3 aliphatic rings. The number of allylic oxidation sites excluding steroid dienone is 2. The van der Waals surface area contributed by atoms with Crippen LogP contribution >= 0.6 is 11.8 Å². The molecule has 3 aromatic rings. The molecule has 3 aromatic carbocycles. The van der Waals surface area contributed by atoms with Crippen molar-refractivity contribution in [2.24, 2.45) is 20.2 Å². The summed E-state index contributed by atoms with van der Waals surface area (Å²) >= 11 is 1.44. The number of thioether (sulfide) groups is 1. The molecule has 0 aromatic heterocycles. The van der Waals surface area contributed by atoms with Crippen molar-refractivity contribution in [3.05, 3.63) is 110 Å². The predicted octanol–water partition coefficient (Wildman–Crippen LogP) is 7.86. The Morgan fingerprint density at radius 1 is 0.755 bits per heavy atom. The second-order valence-corrected chi connectivity index (χ2v) is 12.5. The number of methoxy groups -OCH3 is 2. The second-order valence-electron chi connectivity index (χ2n) is 11.6. The first-order chi connectivity index (χ1) is 25.2. The summed E-state index contributed by atoms with van der Waals surface area (Å²) in [7, 11) is 2.92. The normalized spacial score (nSPS) is 14.1. The molecule has 276 valence electrons. The van der Waals surface area contributed by atoms with Gasteiger partial charge in [0.1, 0.15) is 51.3 Å². The van der Waals surface area contributed by atoms with E-state index in [1.807, 2.05) is 6.26 Å². The highest BCUT2D eigenvalue weighted by Crippen LogP contribution is 2.30. The fraction of sp³-hybridized carbons (Fsp3) is 0.237. The molecule has 6 rings (SSSR count). The third kappa shape index (κ3) is 9.40. The number of hydrogen-bond acceptors (Lipinski definition) is 11. The van der Waals surface area contributed by atoms with Crippen LogP contribution in [0, 0.1) is 38.2 Å². The minimum absolute atomic E-state index is 0.0837. The average Bonchev–Trinajstić information content (AvgIpc) is 3.92. The van der Waals surface area contributed by atoms with E-state index >= 15 is 0 Å². The molecule has 0 aliphatic carbocycles. The third-order valence-electron chi connectivity index (χ3n) is 7.94. The monoisotopic (exact) mass is 750 g/mol. The molecule has 3 heterocycles. The zero-order valence-corrected chi connectivity index (χ0v) is 30.3. The molecular formula is C38H34F4N4O6S. The number of halogens is 4. The molecule has 0 bridgehead atoms. The number of aryl methyl sites for hydroxylation is 3. The highest BCUT2D eigenvalue weighted by Gasteiger charge is 2.26. The number of phenolic OH excluding ortho intramolecular Hbond substituents is 1. The van der Waals surface area contributed by atoms with E-state index in [1.165, 1.54) is 63.4 Å². The molecule has 3 aliphatic heterocycles. The van der Waals surface area contributed by atoms with Crippen LogP contribution in [0.4, 0.5) is 17.6 Å². The van der Waals surface area contributed by atoms with Gasteiger partial charge < -0.3 is 14.6 Å². The van der Waals surface area contributed by atoms with Crippen LogP contribution in [-0.4, -0.2) is 72.7 Å². The molecule has 53 heavy (non-hydrogen) atoms. The van der Waals surface area contributed by atoms with Crippen LogP contribution in [0.2, 0.25) is 0 Å². The van der Waals surface area contributed by atoms with Crippen molar-refractivity contribution < 1.29 is 46.5 Å². The molecule has 1 N–H and O–H groups in total. The molecule has 0 radical (unpaired) electrons. The fourth-order valence-electron chi connectivity index (χ4n) is 5.36. The lowest BCUT2D eigenvalue weighted by molar-refractivity contribution is 0.102. The van der Waals surface area contributed by atoms with Crippen molar-refractivity contribution in [3.63, 3.8) is 0 Å². The Bertz CT molecular complexity index is 2180. The molecule has 0 fully saturated rings. The van der Waals surface area contributed by atoms with Gasteiger partial charge >= 0.3 is 0 Å². The minimum atomic E-state index is -0.740. The Kier molecular flexibility index (Phi) is 13.4. The van der Waals surface area contributed by atoms with Crippen molar-refractivity contribution >= 4 is 52.3 Å². The Balaban J connectivity index is 0.000000178. The largest absolute Gasteiger partial charge is 0.507 e. The van der Waals surface area contributed by atoms with Gasteiger partial charge in [0.15, 0.2) is 11.6 Å². The van der Waals surface area contributed by atoms with Crippen LogP contribution in [0.1, 0.15) is 60.6 Å². The van der Waals surface area contributed by atoms with Crippen LogP contribution in [0.25, 0.3) is 0 Å². The Labute approximate surface area is 306 Å². The predicted molar refractivity (Wildman–Crippen MR) is 197 cm³/mol. The van der Waals surface area contributed by atoms with E-state index in [0.717, 1.165) is 23.4 Å². The third-order valence-corrected chi connectivity index (χ3v) is 8.64. The highest BCUT2D eigenvalue weighted by molar-refractivity contribution is 8.13. The number of ketones is 3. The molecule has 15 heteroatoms. The number of Topliss-reactive ketones (excluding diaryl/α,β-unsaturated/α-hetero) is 3. The van der Waals surface area contributed by atoms with Crippen molar-refractivity contribution in [3.8, 4) is 17.2 Å². The highest BCUT2D eigenvalue weighted by atomic mass is 32.2. The molecule has 0 saturated heterocycles. The lowest BCUT2D eigenvalue weighted by Gasteiger charge is -2.11. The number of aliphatic imine (C=N–C) groups is 2. The first-order valence-electron chi connectivity index (χ1n) is 15.8. The standard InChI is InChI=1S/C13H13FN2O2S.C13H12FNO2.C12H9F2NO2/c1-7-4-8(14)5-9(13(7)18-2)12(17)10-6-11(19-3)16-15-10;1-8-5-10(14)6-11(13(8)17-2)12(16)9-3-4-15-7-9;1-6-2-7(13)3-8(11(6)16)12(17)9-4-15-5-10(9)14/h4-5H,6H2,1-3H3;4-7H,3H2,1-2H3;2-3,5,16H,4H2,1H3.